The van der Waals surface area contributed by atoms with Crippen molar-refractivity contribution in [1.29, 1.82) is 0 Å². The third-order valence-corrected chi connectivity index (χ3v) is 3.89. The van der Waals surface area contributed by atoms with Gasteiger partial charge >= 0.3 is 0 Å². The monoisotopic (exact) mass is 359 g/mol. The van der Waals surface area contributed by atoms with Crippen LogP contribution in [-0.4, -0.2) is 31.5 Å². The highest BCUT2D eigenvalue weighted by Crippen LogP contribution is 2.26. The van der Waals surface area contributed by atoms with Crippen LogP contribution in [0.25, 0.3) is 0 Å². The molecule has 0 aromatic heterocycles. The van der Waals surface area contributed by atoms with Crippen molar-refractivity contribution >= 4 is 21.8 Å². The largest absolute Gasteiger partial charge is 0.352 e. The Morgan fingerprint density at radius 3 is 2.81 bits per heavy atom. The molecule has 0 spiro atoms. The number of rotatable bonds is 5. The minimum atomic E-state index is -0.578. The Morgan fingerprint density at radius 1 is 1.48 bits per heavy atom. The predicted molar refractivity (Wildman–Crippen MR) is 80.5 cm³/mol. The Kier molecular flexibility index (Phi) is 5.35. The maximum Gasteiger partial charge on any atom is 0.254 e. The number of amides is 1. The molecule has 1 N–H and O–H groups in total. The third-order valence-electron chi connectivity index (χ3n) is 3.40. The summed E-state index contributed by atoms with van der Waals surface area (Å²) in [5.41, 5.74) is 0.0381. The van der Waals surface area contributed by atoms with Gasteiger partial charge < -0.3 is 14.8 Å². The molecule has 1 aliphatic heterocycles. The number of carbonyl (C=O) groups is 1. The lowest BCUT2D eigenvalue weighted by molar-refractivity contribution is -0.153. The van der Waals surface area contributed by atoms with Crippen molar-refractivity contribution in [2.45, 2.75) is 26.1 Å². The van der Waals surface area contributed by atoms with Gasteiger partial charge in [0, 0.05) is 17.4 Å². The molecule has 0 aliphatic carbocycles. The second-order valence-corrected chi connectivity index (χ2v) is 6.39. The van der Waals surface area contributed by atoms with Crippen molar-refractivity contribution in [1.82, 2.24) is 5.32 Å². The minimum Gasteiger partial charge on any atom is -0.352 e. The molecule has 0 saturated carbocycles. The Morgan fingerprint density at radius 2 is 2.14 bits per heavy atom. The fraction of sp³-hybridized carbons (Fsp3) is 0.533. The fourth-order valence-corrected chi connectivity index (χ4v) is 2.77. The summed E-state index contributed by atoms with van der Waals surface area (Å²) in [5.74, 6) is -1.37. The van der Waals surface area contributed by atoms with Gasteiger partial charge in [-0.05, 0) is 31.0 Å². The summed E-state index contributed by atoms with van der Waals surface area (Å²) in [7, 11) is 0. The first-order valence-corrected chi connectivity index (χ1v) is 7.70. The lowest BCUT2D eigenvalue weighted by atomic mass is 10.0. The van der Waals surface area contributed by atoms with Crippen LogP contribution in [0.1, 0.15) is 30.6 Å². The number of hydrogen-bond acceptors (Lipinski definition) is 3. The molecule has 4 nitrogen and oxygen atoms in total. The van der Waals surface area contributed by atoms with Gasteiger partial charge in [-0.3, -0.25) is 4.79 Å². The molecule has 116 valence electrons. The fourth-order valence-electron chi connectivity index (χ4n) is 2.41. The van der Waals surface area contributed by atoms with Crippen molar-refractivity contribution in [2.75, 3.05) is 19.8 Å². The van der Waals surface area contributed by atoms with Crippen LogP contribution in [0.4, 0.5) is 4.39 Å². The molecule has 1 aromatic rings. The van der Waals surface area contributed by atoms with Crippen LogP contribution in [0.3, 0.4) is 0 Å². The Bertz CT molecular complexity index is 518. The number of ether oxygens (including phenoxy) is 2. The van der Waals surface area contributed by atoms with E-state index in [0.717, 1.165) is 0 Å². The van der Waals surface area contributed by atoms with E-state index in [2.05, 4.69) is 21.2 Å². The molecular formula is C15H19BrFNO3. The molecule has 1 unspecified atom stereocenters. The maximum absolute atomic E-state index is 13.6. The van der Waals surface area contributed by atoms with Gasteiger partial charge in [0.25, 0.3) is 5.91 Å². The van der Waals surface area contributed by atoms with Gasteiger partial charge in [0.05, 0.1) is 18.8 Å². The van der Waals surface area contributed by atoms with Crippen LogP contribution in [0.2, 0.25) is 0 Å². The van der Waals surface area contributed by atoms with Gasteiger partial charge in [0.1, 0.15) is 5.82 Å². The average Bonchev–Trinajstić information content (AvgIpc) is 2.85. The van der Waals surface area contributed by atoms with E-state index in [-0.39, 0.29) is 11.5 Å². The smallest absolute Gasteiger partial charge is 0.254 e. The number of carbonyl (C=O) groups excluding carboxylic acids is 1. The second-order valence-electron chi connectivity index (χ2n) is 5.47. The Labute approximate surface area is 132 Å². The summed E-state index contributed by atoms with van der Waals surface area (Å²) in [6.07, 6.45) is 0.675. The molecule has 1 aliphatic rings. The van der Waals surface area contributed by atoms with E-state index in [4.69, 9.17) is 9.47 Å². The highest BCUT2D eigenvalue weighted by atomic mass is 79.9. The molecule has 1 aromatic carbocycles. The molecule has 2 rings (SSSR count). The van der Waals surface area contributed by atoms with E-state index in [1.54, 1.807) is 6.07 Å². The zero-order valence-corrected chi connectivity index (χ0v) is 13.7. The third kappa shape index (κ3) is 4.49. The van der Waals surface area contributed by atoms with E-state index < -0.39 is 17.5 Å². The zero-order chi connectivity index (χ0) is 15.5. The number of benzene rings is 1. The molecule has 0 bridgehead atoms. The molecule has 6 heteroatoms. The first kappa shape index (κ1) is 16.4. The van der Waals surface area contributed by atoms with Crippen molar-refractivity contribution in [3.8, 4) is 0 Å². The quantitative estimate of drug-likeness (QED) is 0.878. The molecule has 1 atom stereocenters. The predicted octanol–water partition coefficient (Wildman–Crippen LogP) is 3.11. The summed E-state index contributed by atoms with van der Waals surface area (Å²) in [6, 6.07) is 4.30. The highest BCUT2D eigenvalue weighted by molar-refractivity contribution is 9.10. The number of nitrogens with one attached hydrogen (secondary N) is 1. The van der Waals surface area contributed by atoms with Crippen LogP contribution in [-0.2, 0) is 9.47 Å². The molecule has 21 heavy (non-hydrogen) atoms. The second kappa shape index (κ2) is 6.85. The normalized spacial score (nSPS) is 18.5. The number of hydrogen-bond donors (Lipinski definition) is 1. The van der Waals surface area contributed by atoms with Crippen LogP contribution < -0.4 is 5.32 Å². The van der Waals surface area contributed by atoms with Gasteiger partial charge in [-0.15, -0.1) is 0 Å². The molecular weight excluding hydrogens is 341 g/mol. The van der Waals surface area contributed by atoms with Crippen molar-refractivity contribution in [3.63, 3.8) is 0 Å². The Hall–Kier alpha value is -0.980. The summed E-state index contributed by atoms with van der Waals surface area (Å²) in [6.45, 7) is 5.52. The van der Waals surface area contributed by atoms with E-state index >= 15 is 0 Å². The summed E-state index contributed by atoms with van der Waals surface area (Å²) in [5, 5.41) is 2.75. The topological polar surface area (TPSA) is 47.6 Å². The lowest BCUT2D eigenvalue weighted by Crippen LogP contribution is -2.34. The summed E-state index contributed by atoms with van der Waals surface area (Å²) in [4.78, 5) is 12.0. The molecule has 1 heterocycles. The highest BCUT2D eigenvalue weighted by Gasteiger charge is 2.32. The van der Waals surface area contributed by atoms with E-state index in [0.29, 0.717) is 30.7 Å². The molecule has 1 amide bonds. The minimum absolute atomic E-state index is 0.0381. The molecule has 0 radical (unpaired) electrons. The van der Waals surface area contributed by atoms with Crippen molar-refractivity contribution < 1.29 is 18.7 Å². The van der Waals surface area contributed by atoms with Gasteiger partial charge in [0.15, 0.2) is 5.79 Å². The van der Waals surface area contributed by atoms with E-state index in [1.807, 2.05) is 13.8 Å². The number of halogens is 2. The summed E-state index contributed by atoms with van der Waals surface area (Å²) < 4.78 is 25.4. The van der Waals surface area contributed by atoms with Gasteiger partial charge in [-0.2, -0.15) is 0 Å². The van der Waals surface area contributed by atoms with Gasteiger partial charge in [-0.25, -0.2) is 4.39 Å². The van der Waals surface area contributed by atoms with Crippen LogP contribution in [0, 0.1) is 11.7 Å². The SMILES string of the molecule is CC(CNC(=O)c1cc(Br)ccc1F)CC1(C)OCCO1. The van der Waals surface area contributed by atoms with Crippen molar-refractivity contribution in [3.05, 3.63) is 34.1 Å². The van der Waals surface area contributed by atoms with Crippen LogP contribution in [0.5, 0.6) is 0 Å². The molecule has 1 fully saturated rings. The van der Waals surface area contributed by atoms with Gasteiger partial charge in [-0.1, -0.05) is 22.9 Å². The van der Waals surface area contributed by atoms with E-state index in [9.17, 15) is 9.18 Å². The summed E-state index contributed by atoms with van der Waals surface area (Å²) >= 11 is 3.23. The Balaban J connectivity index is 1.87. The maximum atomic E-state index is 13.6. The molecule has 1 saturated heterocycles. The zero-order valence-electron chi connectivity index (χ0n) is 12.1. The first-order valence-electron chi connectivity index (χ1n) is 6.91. The standard InChI is InChI=1S/C15H19BrFNO3/c1-10(8-15(2)20-5-6-21-15)9-18-14(19)12-7-11(16)3-4-13(12)17/h3-4,7,10H,5-6,8-9H2,1-2H3,(H,18,19). The van der Waals surface area contributed by atoms with Crippen LogP contribution >= 0.6 is 15.9 Å². The lowest BCUT2D eigenvalue weighted by Gasteiger charge is -2.26. The first-order chi connectivity index (χ1) is 9.89. The van der Waals surface area contributed by atoms with Gasteiger partial charge in [0.2, 0.25) is 0 Å². The van der Waals surface area contributed by atoms with Crippen LogP contribution in [0.15, 0.2) is 22.7 Å². The van der Waals surface area contributed by atoms with Crippen molar-refractivity contribution in [2.24, 2.45) is 5.92 Å². The van der Waals surface area contributed by atoms with E-state index in [1.165, 1.54) is 12.1 Å². The average molecular weight is 360 g/mol.